The van der Waals surface area contributed by atoms with Crippen molar-refractivity contribution in [2.45, 2.75) is 26.3 Å². The number of rotatable bonds is 12. The molecule has 1 saturated heterocycles. The minimum Gasteiger partial charge on any atom is -0.493 e. The molecule has 1 aliphatic rings. The summed E-state index contributed by atoms with van der Waals surface area (Å²) < 4.78 is 22.2. The summed E-state index contributed by atoms with van der Waals surface area (Å²) >= 11 is 0. The topological polar surface area (TPSA) is 103 Å². The minimum atomic E-state index is -0.814. The lowest BCUT2D eigenvalue weighted by molar-refractivity contribution is -0.130. The number of terminal acetylenes is 1. The van der Waals surface area contributed by atoms with Crippen LogP contribution in [-0.4, -0.2) is 50.2 Å². The summed E-state index contributed by atoms with van der Waals surface area (Å²) in [6, 6.07) is 7.68. The number of urea groups is 1. The molecule has 1 N–H and O–H groups in total. The first-order valence-electron chi connectivity index (χ1n) is 11.9. The van der Waals surface area contributed by atoms with Gasteiger partial charge in [-0.2, -0.15) is 0 Å². The summed E-state index contributed by atoms with van der Waals surface area (Å²) in [5.41, 5.74) is 1.62. The predicted octanol–water partition coefficient (Wildman–Crippen LogP) is 3.90. The number of barbiturate groups is 1. The molecule has 4 amide bonds. The predicted molar refractivity (Wildman–Crippen MR) is 142 cm³/mol. The lowest BCUT2D eigenvalue weighted by Gasteiger charge is -2.26. The van der Waals surface area contributed by atoms with E-state index in [1.165, 1.54) is 20.3 Å². The third-order valence-electron chi connectivity index (χ3n) is 5.57. The Hall–Kier alpha value is -4.71. The molecule has 0 aromatic heterocycles. The number of ether oxygens (including phenoxy) is 4. The molecule has 9 nitrogen and oxygen atoms in total. The van der Waals surface area contributed by atoms with Crippen LogP contribution in [0.15, 0.2) is 48.6 Å². The molecule has 0 aliphatic carbocycles. The number of carbonyl (C=O) groups is 3. The third-order valence-corrected chi connectivity index (χ3v) is 5.57. The van der Waals surface area contributed by atoms with Crippen molar-refractivity contribution in [3.8, 4) is 35.3 Å². The summed E-state index contributed by atoms with van der Waals surface area (Å²) in [6.07, 6.45) is 9.67. The molecule has 0 radical (unpaired) electrons. The minimum absolute atomic E-state index is 0.0371. The maximum Gasteiger partial charge on any atom is 0.331 e. The molecule has 0 atom stereocenters. The number of amides is 4. The van der Waals surface area contributed by atoms with Crippen LogP contribution in [0.1, 0.15) is 30.0 Å². The number of carbonyl (C=O) groups excluding carboxylic acids is 3. The molecule has 198 valence electrons. The largest absolute Gasteiger partial charge is 0.493 e. The molecular weight excluding hydrogens is 488 g/mol. The van der Waals surface area contributed by atoms with Gasteiger partial charge in [-0.25, -0.2) is 4.79 Å². The molecular formula is C29H30N2O7. The molecule has 2 aromatic rings. The molecule has 38 heavy (non-hydrogen) atoms. The van der Waals surface area contributed by atoms with E-state index in [0.29, 0.717) is 52.7 Å². The number of hydrogen-bond acceptors (Lipinski definition) is 7. The zero-order chi connectivity index (χ0) is 27.7. The van der Waals surface area contributed by atoms with Gasteiger partial charge in [0.05, 0.1) is 27.4 Å². The Morgan fingerprint density at radius 2 is 1.82 bits per heavy atom. The van der Waals surface area contributed by atoms with Gasteiger partial charge in [-0.3, -0.25) is 19.8 Å². The van der Waals surface area contributed by atoms with Gasteiger partial charge >= 0.3 is 6.03 Å². The highest BCUT2D eigenvalue weighted by Gasteiger charge is 2.36. The SMILES string of the molecule is C#CCOc1c(CC=C)cc(/C=C2\C(=O)NC(=O)N(Cc3ccc(OCCC)c(OC)c3)C2=O)cc1OC. The normalized spacial score (nSPS) is 14.1. The van der Waals surface area contributed by atoms with Crippen molar-refractivity contribution in [1.29, 1.82) is 0 Å². The molecule has 3 rings (SSSR count). The average Bonchev–Trinajstić information content (AvgIpc) is 2.91. The summed E-state index contributed by atoms with van der Waals surface area (Å²) in [5.74, 6) is 2.73. The summed E-state index contributed by atoms with van der Waals surface area (Å²) in [4.78, 5) is 39.5. The highest BCUT2D eigenvalue weighted by Crippen LogP contribution is 2.35. The van der Waals surface area contributed by atoms with Gasteiger partial charge in [-0.05, 0) is 54.3 Å². The number of hydrogen-bond donors (Lipinski definition) is 1. The first-order valence-corrected chi connectivity index (χ1v) is 11.9. The standard InChI is InChI=1S/C29H30N2O7/c1-6-9-21-14-20(17-25(36-5)26(21)38-13-8-3)15-22-27(32)30-29(34)31(28(22)33)18-19-10-11-23(37-12-7-2)24(16-19)35-4/h3,6,10-11,14-17H,1,7,9,12-13,18H2,2,4-5H3,(H,30,32,34)/b22-15+. The van der Waals surface area contributed by atoms with Gasteiger partial charge in [0.15, 0.2) is 23.0 Å². The van der Waals surface area contributed by atoms with E-state index in [4.69, 9.17) is 25.4 Å². The molecule has 9 heteroatoms. The first kappa shape index (κ1) is 27.9. The van der Waals surface area contributed by atoms with Crippen molar-refractivity contribution in [1.82, 2.24) is 10.2 Å². The van der Waals surface area contributed by atoms with E-state index < -0.39 is 17.8 Å². The highest BCUT2D eigenvalue weighted by molar-refractivity contribution is 6.31. The van der Waals surface area contributed by atoms with Crippen molar-refractivity contribution in [2.24, 2.45) is 0 Å². The van der Waals surface area contributed by atoms with Gasteiger partial charge in [0.2, 0.25) is 0 Å². The lowest BCUT2D eigenvalue weighted by atomic mass is 10.0. The van der Waals surface area contributed by atoms with Crippen LogP contribution in [0.2, 0.25) is 0 Å². The van der Waals surface area contributed by atoms with E-state index in [9.17, 15) is 14.4 Å². The Morgan fingerprint density at radius 3 is 2.47 bits per heavy atom. The van der Waals surface area contributed by atoms with Gasteiger partial charge in [-0.1, -0.05) is 25.0 Å². The van der Waals surface area contributed by atoms with E-state index in [0.717, 1.165) is 11.3 Å². The molecule has 0 bridgehead atoms. The number of imide groups is 2. The Kier molecular flexibility index (Phi) is 9.54. The van der Waals surface area contributed by atoms with E-state index in [2.05, 4.69) is 17.8 Å². The molecule has 1 fully saturated rings. The fourth-order valence-electron chi connectivity index (χ4n) is 3.83. The summed E-state index contributed by atoms with van der Waals surface area (Å²) in [6.45, 7) is 6.23. The molecule has 0 spiro atoms. The van der Waals surface area contributed by atoms with Crippen LogP contribution in [0, 0.1) is 12.3 Å². The smallest absolute Gasteiger partial charge is 0.331 e. The molecule has 0 unspecified atom stereocenters. The first-order chi connectivity index (χ1) is 18.4. The second kappa shape index (κ2) is 13.0. The number of allylic oxidation sites excluding steroid dienone is 1. The van der Waals surface area contributed by atoms with Gasteiger partial charge in [0, 0.05) is 5.56 Å². The zero-order valence-electron chi connectivity index (χ0n) is 21.7. The summed E-state index contributed by atoms with van der Waals surface area (Å²) in [5, 5.41) is 2.23. The van der Waals surface area contributed by atoms with Crippen LogP contribution < -0.4 is 24.3 Å². The van der Waals surface area contributed by atoms with E-state index >= 15 is 0 Å². The van der Waals surface area contributed by atoms with Crippen LogP contribution >= 0.6 is 0 Å². The number of methoxy groups -OCH3 is 2. The monoisotopic (exact) mass is 518 g/mol. The summed E-state index contributed by atoms with van der Waals surface area (Å²) in [7, 11) is 2.98. The molecule has 1 aliphatic heterocycles. The molecule has 0 saturated carbocycles. The second-order valence-corrected chi connectivity index (χ2v) is 8.24. The van der Waals surface area contributed by atoms with Crippen LogP contribution in [0.3, 0.4) is 0 Å². The Morgan fingerprint density at radius 1 is 1.05 bits per heavy atom. The van der Waals surface area contributed by atoms with Crippen LogP contribution in [0.5, 0.6) is 23.0 Å². The van der Waals surface area contributed by atoms with E-state index in [1.807, 2.05) is 6.92 Å². The average molecular weight is 519 g/mol. The Balaban J connectivity index is 1.94. The quantitative estimate of drug-likeness (QED) is 0.197. The second-order valence-electron chi connectivity index (χ2n) is 8.24. The van der Waals surface area contributed by atoms with Crippen LogP contribution in [0.25, 0.3) is 6.08 Å². The van der Waals surface area contributed by atoms with E-state index in [1.54, 1.807) is 36.4 Å². The lowest BCUT2D eigenvalue weighted by Crippen LogP contribution is -2.53. The Bertz CT molecular complexity index is 1310. The molecule has 2 aromatic carbocycles. The maximum atomic E-state index is 13.3. The van der Waals surface area contributed by atoms with Crippen molar-refractivity contribution >= 4 is 23.9 Å². The van der Waals surface area contributed by atoms with Crippen molar-refractivity contribution in [3.05, 3.63) is 65.3 Å². The van der Waals surface area contributed by atoms with Gasteiger partial charge in [0.1, 0.15) is 12.2 Å². The zero-order valence-corrected chi connectivity index (χ0v) is 21.7. The van der Waals surface area contributed by atoms with Crippen LogP contribution in [0.4, 0.5) is 4.79 Å². The third kappa shape index (κ3) is 6.34. The molecule has 1 heterocycles. The highest BCUT2D eigenvalue weighted by atomic mass is 16.5. The van der Waals surface area contributed by atoms with Crippen LogP contribution in [-0.2, 0) is 22.6 Å². The van der Waals surface area contributed by atoms with Crippen molar-refractivity contribution < 1.29 is 33.3 Å². The van der Waals surface area contributed by atoms with E-state index in [-0.39, 0.29) is 18.7 Å². The number of nitrogens with one attached hydrogen (secondary N) is 1. The number of nitrogens with zero attached hydrogens (tertiary/aromatic N) is 1. The fraction of sp³-hybridized carbons (Fsp3) is 0.276. The number of benzene rings is 2. The van der Waals surface area contributed by atoms with Gasteiger partial charge in [0.25, 0.3) is 11.8 Å². The maximum absolute atomic E-state index is 13.3. The van der Waals surface area contributed by atoms with Gasteiger partial charge in [-0.15, -0.1) is 13.0 Å². The van der Waals surface area contributed by atoms with Crippen molar-refractivity contribution in [2.75, 3.05) is 27.4 Å². The Labute approximate surface area is 222 Å². The van der Waals surface area contributed by atoms with Gasteiger partial charge < -0.3 is 18.9 Å². The fourth-order valence-corrected chi connectivity index (χ4v) is 3.83. The van der Waals surface area contributed by atoms with Crippen molar-refractivity contribution in [3.63, 3.8) is 0 Å².